The second kappa shape index (κ2) is 4.63. The smallest absolute Gasteiger partial charge is 0.352 e. The minimum Gasteiger partial charge on any atom is -0.477 e. The molecule has 0 amide bonds. The first-order valence-corrected chi connectivity index (χ1v) is 5.63. The maximum atomic E-state index is 11.0. The van der Waals surface area contributed by atoms with Crippen molar-refractivity contribution in [1.29, 1.82) is 0 Å². The average Bonchev–Trinajstić information content (AvgIpc) is 2.78. The first kappa shape index (κ1) is 11.7. The highest BCUT2D eigenvalue weighted by Crippen LogP contribution is 2.22. The molecule has 0 fully saturated rings. The highest BCUT2D eigenvalue weighted by atomic mass is 35.5. The van der Waals surface area contributed by atoms with E-state index in [1.165, 1.54) is 0 Å². The molecule has 2 rings (SSSR count). The van der Waals surface area contributed by atoms with Gasteiger partial charge < -0.3 is 9.67 Å². The Balaban J connectivity index is 2.36. The Morgan fingerprint density at radius 1 is 1.29 bits per heavy atom. The van der Waals surface area contributed by atoms with Crippen LogP contribution >= 0.6 is 11.6 Å². The third-order valence-corrected chi connectivity index (χ3v) is 3.02. The van der Waals surface area contributed by atoms with E-state index in [2.05, 4.69) is 0 Å². The molecular formula is C13H12ClNO2. The van der Waals surface area contributed by atoms with E-state index in [1.807, 2.05) is 19.1 Å². The molecule has 0 bridgehead atoms. The van der Waals surface area contributed by atoms with Gasteiger partial charge in [0.2, 0.25) is 0 Å². The van der Waals surface area contributed by atoms with Gasteiger partial charge in [0.15, 0.2) is 0 Å². The molecule has 1 aromatic heterocycles. The van der Waals surface area contributed by atoms with Crippen LogP contribution in [0.1, 0.15) is 29.0 Å². The van der Waals surface area contributed by atoms with Crippen LogP contribution in [-0.2, 0) is 0 Å². The zero-order valence-corrected chi connectivity index (χ0v) is 10.1. The van der Waals surface area contributed by atoms with Crippen molar-refractivity contribution < 1.29 is 9.90 Å². The highest BCUT2D eigenvalue weighted by Gasteiger charge is 2.14. The fourth-order valence-electron chi connectivity index (χ4n) is 1.81. The average molecular weight is 250 g/mol. The summed E-state index contributed by atoms with van der Waals surface area (Å²) in [5.74, 6) is -0.921. The van der Waals surface area contributed by atoms with Crippen molar-refractivity contribution in [3.63, 3.8) is 0 Å². The Labute approximate surface area is 104 Å². The minimum atomic E-state index is -0.921. The summed E-state index contributed by atoms with van der Waals surface area (Å²) in [7, 11) is 0. The van der Waals surface area contributed by atoms with Crippen molar-refractivity contribution >= 4 is 17.6 Å². The number of halogens is 1. The zero-order chi connectivity index (χ0) is 12.4. The molecule has 88 valence electrons. The number of nitrogens with zero attached hydrogens (tertiary/aromatic N) is 1. The molecular weight excluding hydrogens is 238 g/mol. The fraction of sp³-hybridized carbons (Fsp3) is 0.154. The molecule has 0 saturated carbocycles. The molecule has 0 saturated heterocycles. The topological polar surface area (TPSA) is 42.2 Å². The largest absolute Gasteiger partial charge is 0.477 e. The number of benzene rings is 1. The van der Waals surface area contributed by atoms with Gasteiger partial charge in [-0.05, 0) is 36.8 Å². The Morgan fingerprint density at radius 2 is 1.94 bits per heavy atom. The molecule has 1 unspecified atom stereocenters. The van der Waals surface area contributed by atoms with Gasteiger partial charge in [-0.25, -0.2) is 4.79 Å². The van der Waals surface area contributed by atoms with Gasteiger partial charge in [-0.15, -0.1) is 0 Å². The van der Waals surface area contributed by atoms with Crippen LogP contribution in [0.3, 0.4) is 0 Å². The van der Waals surface area contributed by atoms with Crippen LogP contribution in [0.25, 0.3) is 0 Å². The molecule has 0 aliphatic heterocycles. The van der Waals surface area contributed by atoms with Gasteiger partial charge in [0.25, 0.3) is 0 Å². The summed E-state index contributed by atoms with van der Waals surface area (Å²) >= 11 is 5.82. The van der Waals surface area contributed by atoms with Gasteiger partial charge in [0.05, 0.1) is 6.04 Å². The number of carbonyl (C=O) groups is 1. The second-order valence-corrected chi connectivity index (χ2v) is 4.27. The monoisotopic (exact) mass is 249 g/mol. The van der Waals surface area contributed by atoms with Crippen LogP contribution in [0.5, 0.6) is 0 Å². The summed E-state index contributed by atoms with van der Waals surface area (Å²) in [6, 6.07) is 10.7. The van der Waals surface area contributed by atoms with E-state index in [-0.39, 0.29) is 11.7 Å². The molecule has 3 nitrogen and oxygen atoms in total. The lowest BCUT2D eigenvalue weighted by Crippen LogP contribution is -2.12. The van der Waals surface area contributed by atoms with Crippen LogP contribution in [0, 0.1) is 0 Å². The van der Waals surface area contributed by atoms with Gasteiger partial charge in [-0.3, -0.25) is 0 Å². The van der Waals surface area contributed by atoms with E-state index >= 15 is 0 Å². The molecule has 4 heteroatoms. The number of hydrogen-bond acceptors (Lipinski definition) is 1. The van der Waals surface area contributed by atoms with E-state index < -0.39 is 5.97 Å². The van der Waals surface area contributed by atoms with Crippen LogP contribution in [-0.4, -0.2) is 15.6 Å². The fourth-order valence-corrected chi connectivity index (χ4v) is 1.94. The summed E-state index contributed by atoms with van der Waals surface area (Å²) in [4.78, 5) is 11.0. The molecule has 0 radical (unpaired) electrons. The minimum absolute atomic E-state index is 0.0339. The number of aromatic nitrogens is 1. The van der Waals surface area contributed by atoms with Crippen molar-refractivity contribution in [3.05, 3.63) is 58.9 Å². The SMILES string of the molecule is CC(c1ccc(Cl)cc1)n1cccc1C(=O)O. The molecule has 1 N–H and O–H groups in total. The zero-order valence-electron chi connectivity index (χ0n) is 9.30. The number of carboxylic acids is 1. The van der Waals surface area contributed by atoms with E-state index in [0.717, 1.165) is 5.56 Å². The van der Waals surface area contributed by atoms with Gasteiger partial charge in [-0.2, -0.15) is 0 Å². The Morgan fingerprint density at radius 3 is 2.53 bits per heavy atom. The van der Waals surface area contributed by atoms with E-state index in [4.69, 9.17) is 16.7 Å². The van der Waals surface area contributed by atoms with E-state index in [9.17, 15) is 4.79 Å². The molecule has 0 aliphatic rings. The van der Waals surface area contributed by atoms with Gasteiger partial charge >= 0.3 is 5.97 Å². The van der Waals surface area contributed by atoms with Crippen LogP contribution in [0.2, 0.25) is 5.02 Å². The van der Waals surface area contributed by atoms with Crippen molar-refractivity contribution in [2.75, 3.05) is 0 Å². The van der Waals surface area contributed by atoms with Gasteiger partial charge in [0, 0.05) is 11.2 Å². The highest BCUT2D eigenvalue weighted by molar-refractivity contribution is 6.30. The number of rotatable bonds is 3. The third-order valence-electron chi connectivity index (χ3n) is 2.77. The normalized spacial score (nSPS) is 12.4. The number of carboxylic acid groups (broad SMARTS) is 1. The Bertz CT molecular complexity index is 531. The van der Waals surface area contributed by atoms with Crippen molar-refractivity contribution in [3.8, 4) is 0 Å². The Kier molecular flexibility index (Phi) is 3.20. The van der Waals surface area contributed by atoms with E-state index in [1.54, 1.807) is 35.0 Å². The first-order valence-electron chi connectivity index (χ1n) is 5.25. The predicted octanol–water partition coefficient (Wildman–Crippen LogP) is 3.45. The lowest BCUT2D eigenvalue weighted by Gasteiger charge is -2.16. The van der Waals surface area contributed by atoms with Crippen LogP contribution < -0.4 is 0 Å². The predicted molar refractivity (Wildman–Crippen MR) is 66.7 cm³/mol. The number of hydrogen-bond donors (Lipinski definition) is 1. The standard InChI is InChI=1S/C13H12ClNO2/c1-9(10-4-6-11(14)7-5-10)15-8-2-3-12(15)13(16)17/h2-9H,1H3,(H,16,17). The number of aromatic carboxylic acids is 1. The first-order chi connectivity index (χ1) is 8.09. The molecule has 1 atom stereocenters. The maximum absolute atomic E-state index is 11.0. The van der Waals surface area contributed by atoms with Crippen molar-refractivity contribution in [1.82, 2.24) is 4.57 Å². The van der Waals surface area contributed by atoms with Gasteiger partial charge in [-0.1, -0.05) is 23.7 Å². The molecule has 0 spiro atoms. The summed E-state index contributed by atoms with van der Waals surface area (Å²) in [6.07, 6.45) is 1.77. The lowest BCUT2D eigenvalue weighted by molar-refractivity contribution is 0.0684. The van der Waals surface area contributed by atoms with E-state index in [0.29, 0.717) is 5.02 Å². The summed E-state index contributed by atoms with van der Waals surface area (Å²) in [5.41, 5.74) is 1.31. The summed E-state index contributed by atoms with van der Waals surface area (Å²) in [6.45, 7) is 1.95. The maximum Gasteiger partial charge on any atom is 0.352 e. The molecule has 17 heavy (non-hydrogen) atoms. The lowest BCUT2D eigenvalue weighted by atomic mass is 10.1. The summed E-state index contributed by atoms with van der Waals surface area (Å²) in [5, 5.41) is 9.73. The van der Waals surface area contributed by atoms with Gasteiger partial charge in [0.1, 0.15) is 5.69 Å². The molecule has 1 aromatic carbocycles. The molecule has 2 aromatic rings. The summed E-state index contributed by atoms with van der Waals surface area (Å²) < 4.78 is 1.73. The quantitative estimate of drug-likeness (QED) is 0.905. The third kappa shape index (κ3) is 2.34. The molecule has 1 heterocycles. The molecule has 0 aliphatic carbocycles. The van der Waals surface area contributed by atoms with Crippen molar-refractivity contribution in [2.24, 2.45) is 0 Å². The Hall–Kier alpha value is -1.74. The van der Waals surface area contributed by atoms with Crippen LogP contribution in [0.4, 0.5) is 0 Å². The second-order valence-electron chi connectivity index (χ2n) is 3.83. The van der Waals surface area contributed by atoms with Crippen LogP contribution in [0.15, 0.2) is 42.6 Å². The van der Waals surface area contributed by atoms with Crippen molar-refractivity contribution in [2.45, 2.75) is 13.0 Å².